The third-order valence-corrected chi connectivity index (χ3v) is 4.07. The van der Waals surface area contributed by atoms with E-state index < -0.39 is 23.0 Å². The van der Waals surface area contributed by atoms with Crippen molar-refractivity contribution in [1.82, 2.24) is 19.6 Å². The molecule has 144 valence electrons. The van der Waals surface area contributed by atoms with Crippen molar-refractivity contribution in [2.24, 2.45) is 0 Å². The molecule has 1 N–H and O–H groups in total. The van der Waals surface area contributed by atoms with Gasteiger partial charge in [-0.2, -0.15) is 0 Å². The van der Waals surface area contributed by atoms with Crippen LogP contribution in [0.2, 0.25) is 0 Å². The monoisotopic (exact) mass is 396 g/mol. The Bertz CT molecular complexity index is 1300. The van der Waals surface area contributed by atoms with Gasteiger partial charge in [-0.3, -0.25) is 9.78 Å². The number of terminal acetylenes is 1. The lowest BCUT2D eigenvalue weighted by Crippen LogP contribution is -2.15. The minimum absolute atomic E-state index is 0.0613. The molecule has 0 fully saturated rings. The lowest BCUT2D eigenvalue weighted by Gasteiger charge is -2.07. The number of fused-ring (bicyclic) bond motifs is 1. The topological polar surface area (TPSA) is 72.3 Å². The standard InChI is InChI=1S/C20H11F3N4O2/c1-2-8-29-20-25-19(28)18-24-16(11-6-4-3-5-7-11)17(27(18)26-20)12-9-13(21)15(23)14(22)10-12/h1,3-7,9-10H,8H2,(H,25,26,28). The van der Waals surface area contributed by atoms with Crippen molar-refractivity contribution in [3.05, 3.63) is 70.3 Å². The van der Waals surface area contributed by atoms with Crippen molar-refractivity contribution in [3.8, 4) is 40.9 Å². The van der Waals surface area contributed by atoms with E-state index in [1.165, 1.54) is 0 Å². The van der Waals surface area contributed by atoms with E-state index in [2.05, 4.69) is 21.0 Å². The number of nitrogens with zero attached hydrogens (tertiary/aromatic N) is 3. The number of benzene rings is 2. The van der Waals surface area contributed by atoms with Gasteiger partial charge in [0.2, 0.25) is 5.65 Å². The van der Waals surface area contributed by atoms with E-state index in [1.54, 1.807) is 30.3 Å². The summed E-state index contributed by atoms with van der Waals surface area (Å²) in [5.41, 5.74) is 0.0108. The lowest BCUT2D eigenvalue weighted by molar-refractivity contribution is 0.331. The molecule has 0 aliphatic rings. The van der Waals surface area contributed by atoms with Crippen LogP contribution < -0.4 is 10.3 Å². The Hall–Kier alpha value is -4.06. The van der Waals surface area contributed by atoms with Gasteiger partial charge in [-0.15, -0.1) is 11.5 Å². The smallest absolute Gasteiger partial charge is 0.315 e. The summed E-state index contributed by atoms with van der Waals surface area (Å²) in [6, 6.07) is 10.0. The maximum atomic E-state index is 13.9. The molecule has 0 atom stereocenters. The molecule has 4 rings (SSSR count). The maximum absolute atomic E-state index is 13.9. The molecule has 0 radical (unpaired) electrons. The molecule has 0 spiro atoms. The summed E-state index contributed by atoms with van der Waals surface area (Å²) < 4.78 is 47.5. The first-order valence-electron chi connectivity index (χ1n) is 8.29. The molecule has 0 saturated carbocycles. The number of rotatable bonds is 4. The number of hydrogen-bond acceptors (Lipinski definition) is 4. The lowest BCUT2D eigenvalue weighted by atomic mass is 10.0. The minimum atomic E-state index is -1.60. The van der Waals surface area contributed by atoms with E-state index in [4.69, 9.17) is 11.2 Å². The number of aromatic amines is 1. The Morgan fingerprint density at radius 1 is 1.10 bits per heavy atom. The molecule has 29 heavy (non-hydrogen) atoms. The second-order valence-electron chi connectivity index (χ2n) is 5.92. The maximum Gasteiger partial charge on any atom is 0.315 e. The van der Waals surface area contributed by atoms with Gasteiger partial charge < -0.3 is 4.74 Å². The summed E-state index contributed by atoms with van der Waals surface area (Å²) in [4.78, 5) is 19.1. The Labute approximate surface area is 161 Å². The molecule has 0 aliphatic carbocycles. The number of halogens is 3. The molecule has 0 bridgehead atoms. The number of aromatic nitrogens is 4. The third kappa shape index (κ3) is 3.21. The van der Waals surface area contributed by atoms with Crippen molar-refractivity contribution < 1.29 is 17.9 Å². The first-order chi connectivity index (χ1) is 14.0. The van der Waals surface area contributed by atoms with E-state index >= 15 is 0 Å². The number of hydrogen-bond donors (Lipinski definition) is 1. The Balaban J connectivity index is 2.07. The molecular weight excluding hydrogens is 385 g/mol. The summed E-state index contributed by atoms with van der Waals surface area (Å²) in [7, 11) is 0. The van der Waals surface area contributed by atoms with E-state index in [9.17, 15) is 18.0 Å². The molecule has 2 aromatic heterocycles. The fourth-order valence-corrected chi connectivity index (χ4v) is 2.85. The number of nitrogens with one attached hydrogen (secondary N) is 1. The van der Waals surface area contributed by atoms with Gasteiger partial charge in [0, 0.05) is 11.1 Å². The average Bonchev–Trinajstić information content (AvgIpc) is 3.11. The molecule has 0 saturated heterocycles. The van der Waals surface area contributed by atoms with Gasteiger partial charge in [-0.1, -0.05) is 36.3 Å². The van der Waals surface area contributed by atoms with Crippen molar-refractivity contribution in [1.29, 1.82) is 0 Å². The molecule has 2 heterocycles. The SMILES string of the molecule is C#CCOc1nn2c(-c3cc(F)c(F)c(F)c3)c(-c3ccccc3)nc2c(=O)[nH]1. The predicted molar refractivity (Wildman–Crippen MR) is 98.7 cm³/mol. The second-order valence-corrected chi connectivity index (χ2v) is 5.92. The van der Waals surface area contributed by atoms with Crippen LogP contribution in [0.25, 0.3) is 28.2 Å². The van der Waals surface area contributed by atoms with E-state index in [0.29, 0.717) is 5.56 Å². The van der Waals surface area contributed by atoms with Gasteiger partial charge in [0.05, 0.1) is 5.69 Å². The minimum Gasteiger partial charge on any atom is -0.451 e. The third-order valence-electron chi connectivity index (χ3n) is 4.07. The van der Waals surface area contributed by atoms with Crippen LogP contribution in [0.15, 0.2) is 47.3 Å². The first-order valence-corrected chi connectivity index (χ1v) is 8.29. The molecule has 4 aromatic rings. The van der Waals surface area contributed by atoms with Crippen LogP contribution in [-0.4, -0.2) is 26.2 Å². The fraction of sp³-hybridized carbons (Fsp3) is 0.0500. The molecule has 0 amide bonds. The van der Waals surface area contributed by atoms with Gasteiger partial charge in [0.1, 0.15) is 5.69 Å². The van der Waals surface area contributed by atoms with E-state index in [1.807, 2.05) is 0 Å². The van der Waals surface area contributed by atoms with Crippen LogP contribution in [0.5, 0.6) is 6.01 Å². The van der Waals surface area contributed by atoms with Crippen LogP contribution in [0.4, 0.5) is 13.2 Å². The molecule has 6 nitrogen and oxygen atoms in total. The highest BCUT2D eigenvalue weighted by Gasteiger charge is 2.22. The summed E-state index contributed by atoms with van der Waals surface area (Å²) in [5, 5.41) is 4.12. The highest BCUT2D eigenvalue weighted by molar-refractivity contribution is 5.81. The Morgan fingerprint density at radius 3 is 2.45 bits per heavy atom. The van der Waals surface area contributed by atoms with Crippen LogP contribution in [0.3, 0.4) is 0 Å². The van der Waals surface area contributed by atoms with Gasteiger partial charge in [0.25, 0.3) is 5.56 Å². The van der Waals surface area contributed by atoms with Gasteiger partial charge in [-0.25, -0.2) is 22.7 Å². The van der Waals surface area contributed by atoms with Gasteiger partial charge in [0.15, 0.2) is 24.1 Å². The van der Waals surface area contributed by atoms with E-state index in [-0.39, 0.29) is 35.2 Å². The first kappa shape index (κ1) is 18.3. The second kappa shape index (κ2) is 7.16. The van der Waals surface area contributed by atoms with Crippen LogP contribution in [0.1, 0.15) is 0 Å². The molecule has 9 heteroatoms. The van der Waals surface area contributed by atoms with Gasteiger partial charge in [-0.05, 0) is 12.1 Å². The fourth-order valence-electron chi connectivity index (χ4n) is 2.85. The largest absolute Gasteiger partial charge is 0.451 e. The molecular formula is C20H11F3N4O2. The average molecular weight is 396 g/mol. The number of ether oxygens (including phenoxy) is 1. The molecule has 0 unspecified atom stereocenters. The number of imidazole rings is 1. The summed E-state index contributed by atoms with van der Waals surface area (Å²) >= 11 is 0. The molecule has 2 aromatic carbocycles. The van der Waals surface area contributed by atoms with Crippen molar-refractivity contribution in [3.63, 3.8) is 0 Å². The summed E-state index contributed by atoms with van der Waals surface area (Å²) in [6.45, 7) is -0.163. The van der Waals surface area contributed by atoms with Crippen LogP contribution in [0, 0.1) is 29.8 Å². The van der Waals surface area contributed by atoms with Crippen molar-refractivity contribution in [2.75, 3.05) is 6.61 Å². The highest BCUT2D eigenvalue weighted by Crippen LogP contribution is 2.33. The molecule has 0 aliphatic heterocycles. The van der Waals surface area contributed by atoms with Crippen LogP contribution >= 0.6 is 0 Å². The van der Waals surface area contributed by atoms with E-state index in [0.717, 1.165) is 16.6 Å². The van der Waals surface area contributed by atoms with Crippen molar-refractivity contribution >= 4 is 5.65 Å². The van der Waals surface area contributed by atoms with Crippen LogP contribution in [-0.2, 0) is 0 Å². The summed E-state index contributed by atoms with van der Waals surface area (Å²) in [6.07, 6.45) is 5.14. The highest BCUT2D eigenvalue weighted by atomic mass is 19.2. The predicted octanol–water partition coefficient (Wildman–Crippen LogP) is 3.18. The number of H-pyrrole nitrogens is 1. The zero-order valence-corrected chi connectivity index (χ0v) is 14.6. The Morgan fingerprint density at radius 2 is 1.79 bits per heavy atom. The Kier molecular flexibility index (Phi) is 4.52. The summed E-state index contributed by atoms with van der Waals surface area (Å²) in [5.74, 6) is -2.14. The quantitative estimate of drug-likeness (QED) is 0.425. The zero-order chi connectivity index (χ0) is 20.5. The van der Waals surface area contributed by atoms with Gasteiger partial charge >= 0.3 is 6.01 Å². The van der Waals surface area contributed by atoms with Crippen molar-refractivity contribution in [2.45, 2.75) is 0 Å². The zero-order valence-electron chi connectivity index (χ0n) is 14.6. The normalized spacial score (nSPS) is 10.8.